The average Bonchev–Trinajstić information content (AvgIpc) is 2.37. The van der Waals surface area contributed by atoms with Gasteiger partial charge in [0.25, 0.3) is 0 Å². The van der Waals surface area contributed by atoms with E-state index in [1.165, 1.54) is 6.07 Å². The van der Waals surface area contributed by atoms with E-state index in [9.17, 15) is 13.2 Å². The Kier molecular flexibility index (Phi) is 5.39. The molecule has 0 saturated carbocycles. The Labute approximate surface area is 121 Å². The van der Waals surface area contributed by atoms with Crippen molar-refractivity contribution >= 4 is 18.2 Å². The SMILES string of the molecule is Cc1ccc(NCc2cccc(C(F)(F)F)c2)nc1.Cl. The Hall–Kier alpha value is -1.75. The molecular formula is C14H14ClF3N2. The van der Waals surface area contributed by atoms with Gasteiger partial charge in [0.05, 0.1) is 5.56 Å². The Morgan fingerprint density at radius 3 is 2.50 bits per heavy atom. The van der Waals surface area contributed by atoms with Gasteiger partial charge in [-0.15, -0.1) is 12.4 Å². The third-order valence-electron chi connectivity index (χ3n) is 2.64. The van der Waals surface area contributed by atoms with Crippen LogP contribution in [0, 0.1) is 6.92 Å². The van der Waals surface area contributed by atoms with Crippen molar-refractivity contribution < 1.29 is 13.2 Å². The second-order valence-electron chi connectivity index (χ2n) is 4.27. The number of hydrogen-bond acceptors (Lipinski definition) is 2. The van der Waals surface area contributed by atoms with Crippen LogP contribution in [0.25, 0.3) is 0 Å². The van der Waals surface area contributed by atoms with Crippen molar-refractivity contribution in [3.8, 4) is 0 Å². The molecule has 0 radical (unpaired) electrons. The van der Waals surface area contributed by atoms with Crippen molar-refractivity contribution in [3.63, 3.8) is 0 Å². The van der Waals surface area contributed by atoms with E-state index in [-0.39, 0.29) is 12.4 Å². The number of hydrogen-bond donors (Lipinski definition) is 1. The van der Waals surface area contributed by atoms with Crippen LogP contribution in [-0.2, 0) is 12.7 Å². The van der Waals surface area contributed by atoms with Gasteiger partial charge in [0.2, 0.25) is 0 Å². The van der Waals surface area contributed by atoms with Crippen LogP contribution in [0.5, 0.6) is 0 Å². The summed E-state index contributed by atoms with van der Waals surface area (Å²) in [5.74, 6) is 0.642. The highest BCUT2D eigenvalue weighted by atomic mass is 35.5. The third-order valence-corrected chi connectivity index (χ3v) is 2.64. The standard InChI is InChI=1S/C14H13F3N2.ClH/c1-10-5-6-13(18-8-10)19-9-11-3-2-4-12(7-11)14(15,16)17;/h2-8H,9H2,1H3,(H,18,19);1H. The maximum Gasteiger partial charge on any atom is 0.416 e. The number of alkyl halides is 3. The van der Waals surface area contributed by atoms with Gasteiger partial charge in [0, 0.05) is 12.7 Å². The van der Waals surface area contributed by atoms with Crippen molar-refractivity contribution in [1.29, 1.82) is 0 Å². The molecule has 2 aromatic rings. The molecule has 0 fully saturated rings. The van der Waals surface area contributed by atoms with Gasteiger partial charge in [-0.1, -0.05) is 18.2 Å². The smallest absolute Gasteiger partial charge is 0.366 e. The van der Waals surface area contributed by atoms with Crippen molar-refractivity contribution in [1.82, 2.24) is 4.98 Å². The summed E-state index contributed by atoms with van der Waals surface area (Å²) in [6.45, 7) is 2.23. The fourth-order valence-corrected chi connectivity index (χ4v) is 1.62. The minimum Gasteiger partial charge on any atom is -0.366 e. The molecule has 0 unspecified atom stereocenters. The fraction of sp³-hybridized carbons (Fsp3) is 0.214. The lowest BCUT2D eigenvalue weighted by molar-refractivity contribution is -0.137. The molecule has 0 spiro atoms. The molecule has 1 heterocycles. The molecule has 0 atom stereocenters. The summed E-state index contributed by atoms with van der Waals surface area (Å²) >= 11 is 0. The predicted octanol–water partition coefficient (Wildman–Crippen LogP) is 4.44. The molecule has 0 saturated heterocycles. The van der Waals surface area contributed by atoms with Gasteiger partial charge in [-0.05, 0) is 36.2 Å². The minimum atomic E-state index is -4.31. The van der Waals surface area contributed by atoms with Gasteiger partial charge in [0.15, 0.2) is 0 Å². The molecular weight excluding hydrogens is 289 g/mol. The largest absolute Gasteiger partial charge is 0.416 e. The summed E-state index contributed by atoms with van der Waals surface area (Å²) < 4.78 is 37.6. The fourth-order valence-electron chi connectivity index (χ4n) is 1.62. The molecule has 108 valence electrons. The maximum atomic E-state index is 12.5. The van der Waals surface area contributed by atoms with Crippen molar-refractivity contribution in [2.45, 2.75) is 19.6 Å². The summed E-state index contributed by atoms with van der Waals surface area (Å²) in [5.41, 5.74) is 0.963. The van der Waals surface area contributed by atoms with E-state index in [4.69, 9.17) is 0 Å². The van der Waals surface area contributed by atoms with E-state index in [0.717, 1.165) is 17.7 Å². The van der Waals surface area contributed by atoms with Gasteiger partial charge >= 0.3 is 6.18 Å². The summed E-state index contributed by atoms with van der Waals surface area (Å²) in [6, 6.07) is 8.94. The zero-order chi connectivity index (χ0) is 13.9. The molecule has 1 aromatic heterocycles. The van der Waals surface area contributed by atoms with Gasteiger partial charge in [-0.2, -0.15) is 13.2 Å². The van der Waals surface area contributed by atoms with Crippen molar-refractivity contribution in [3.05, 3.63) is 59.3 Å². The van der Waals surface area contributed by atoms with Gasteiger partial charge in [0.1, 0.15) is 5.82 Å². The lowest BCUT2D eigenvalue weighted by Gasteiger charge is -2.10. The molecule has 6 heteroatoms. The minimum absolute atomic E-state index is 0. The van der Waals surface area contributed by atoms with Crippen LogP contribution in [0.1, 0.15) is 16.7 Å². The van der Waals surface area contributed by atoms with Crippen LogP contribution < -0.4 is 5.32 Å². The van der Waals surface area contributed by atoms with E-state index < -0.39 is 11.7 Å². The Morgan fingerprint density at radius 2 is 1.90 bits per heavy atom. The lowest BCUT2D eigenvalue weighted by Crippen LogP contribution is -2.07. The average molecular weight is 303 g/mol. The Morgan fingerprint density at radius 1 is 1.15 bits per heavy atom. The van der Waals surface area contributed by atoms with Crippen LogP contribution >= 0.6 is 12.4 Å². The summed E-state index contributed by atoms with van der Waals surface area (Å²) in [6.07, 6.45) is -2.60. The van der Waals surface area contributed by atoms with E-state index in [2.05, 4.69) is 10.3 Å². The highest BCUT2D eigenvalue weighted by molar-refractivity contribution is 5.85. The number of aromatic nitrogens is 1. The number of halogens is 4. The first-order valence-electron chi connectivity index (χ1n) is 5.78. The van der Waals surface area contributed by atoms with Crippen LogP contribution in [0.15, 0.2) is 42.6 Å². The Balaban J connectivity index is 0.00000200. The van der Waals surface area contributed by atoms with E-state index in [1.54, 1.807) is 18.3 Å². The third kappa shape index (κ3) is 4.42. The Bertz CT molecular complexity index is 553. The topological polar surface area (TPSA) is 24.9 Å². The molecule has 2 rings (SSSR count). The molecule has 0 aliphatic carbocycles. The molecule has 20 heavy (non-hydrogen) atoms. The highest BCUT2D eigenvalue weighted by Gasteiger charge is 2.30. The second kappa shape index (κ2) is 6.61. The summed E-state index contributed by atoms with van der Waals surface area (Å²) in [4.78, 5) is 4.13. The summed E-state index contributed by atoms with van der Waals surface area (Å²) in [5, 5.41) is 2.99. The van der Waals surface area contributed by atoms with Gasteiger partial charge in [-0.25, -0.2) is 4.98 Å². The number of nitrogens with zero attached hydrogens (tertiary/aromatic N) is 1. The van der Waals surface area contributed by atoms with Gasteiger partial charge in [-0.3, -0.25) is 0 Å². The van der Waals surface area contributed by atoms with Crippen LogP contribution in [0.2, 0.25) is 0 Å². The molecule has 0 aliphatic heterocycles. The molecule has 0 bridgehead atoms. The first-order valence-corrected chi connectivity index (χ1v) is 5.78. The lowest BCUT2D eigenvalue weighted by atomic mass is 10.1. The van der Waals surface area contributed by atoms with Crippen molar-refractivity contribution in [2.75, 3.05) is 5.32 Å². The number of rotatable bonds is 3. The first kappa shape index (κ1) is 16.3. The number of aryl methyl sites for hydroxylation is 1. The number of nitrogens with one attached hydrogen (secondary N) is 1. The first-order chi connectivity index (χ1) is 8.95. The second-order valence-corrected chi connectivity index (χ2v) is 4.27. The number of anilines is 1. The van der Waals surface area contributed by atoms with E-state index in [0.29, 0.717) is 17.9 Å². The number of pyridine rings is 1. The highest BCUT2D eigenvalue weighted by Crippen LogP contribution is 2.29. The van der Waals surface area contributed by atoms with Crippen LogP contribution in [0.4, 0.5) is 19.0 Å². The number of benzene rings is 1. The van der Waals surface area contributed by atoms with Crippen molar-refractivity contribution in [2.24, 2.45) is 0 Å². The molecule has 0 amide bonds. The van der Waals surface area contributed by atoms with E-state index in [1.807, 2.05) is 13.0 Å². The maximum absolute atomic E-state index is 12.5. The zero-order valence-corrected chi connectivity index (χ0v) is 11.6. The van der Waals surface area contributed by atoms with E-state index >= 15 is 0 Å². The van der Waals surface area contributed by atoms with Gasteiger partial charge < -0.3 is 5.32 Å². The normalized spacial score (nSPS) is 10.8. The summed E-state index contributed by atoms with van der Waals surface area (Å²) in [7, 11) is 0. The van der Waals surface area contributed by atoms with Crippen LogP contribution in [-0.4, -0.2) is 4.98 Å². The molecule has 2 nitrogen and oxygen atoms in total. The molecule has 0 aliphatic rings. The molecule has 1 N–H and O–H groups in total. The zero-order valence-electron chi connectivity index (χ0n) is 10.7. The predicted molar refractivity (Wildman–Crippen MR) is 75.0 cm³/mol. The quantitative estimate of drug-likeness (QED) is 0.906. The monoisotopic (exact) mass is 302 g/mol. The van der Waals surface area contributed by atoms with Crippen LogP contribution in [0.3, 0.4) is 0 Å². The molecule has 1 aromatic carbocycles.